The molecule has 1 aromatic carbocycles. The number of hydrogen-bond acceptors (Lipinski definition) is 4. The lowest BCUT2D eigenvalue weighted by Crippen LogP contribution is -2.25. The molecule has 0 unspecified atom stereocenters. The van der Waals surface area contributed by atoms with Gasteiger partial charge in [0.25, 0.3) is 0 Å². The highest BCUT2D eigenvalue weighted by Gasteiger charge is 2.31. The van der Waals surface area contributed by atoms with Crippen molar-refractivity contribution in [2.45, 2.75) is 33.5 Å². The van der Waals surface area contributed by atoms with E-state index in [-0.39, 0.29) is 12.5 Å². The van der Waals surface area contributed by atoms with Gasteiger partial charge in [-0.05, 0) is 50.1 Å². The van der Waals surface area contributed by atoms with Crippen LogP contribution >= 0.6 is 0 Å². The summed E-state index contributed by atoms with van der Waals surface area (Å²) in [5, 5.41) is 3.14. The Labute approximate surface area is 166 Å². The topological polar surface area (TPSA) is 63.1 Å². The van der Waals surface area contributed by atoms with Crippen molar-refractivity contribution in [1.82, 2.24) is 19.4 Å². The maximum atomic E-state index is 13.1. The SMILES string of the molecule is Cc1cc2c(ncn2CC(=O)N(C)C)c(Nc2c(C)cc(C(F)(F)F)cc2C)n1. The molecule has 0 bridgehead atoms. The van der Waals surface area contributed by atoms with Crippen molar-refractivity contribution in [3.8, 4) is 0 Å². The Balaban J connectivity index is 2.03. The number of aromatic nitrogens is 3. The Hall–Kier alpha value is -3.10. The van der Waals surface area contributed by atoms with Crippen LogP contribution in [0.2, 0.25) is 0 Å². The summed E-state index contributed by atoms with van der Waals surface area (Å²) in [6, 6.07) is 4.04. The Kier molecular flexibility index (Phi) is 5.25. The second kappa shape index (κ2) is 7.38. The highest BCUT2D eigenvalue weighted by Crippen LogP contribution is 2.35. The number of amides is 1. The number of nitrogens with zero attached hydrogens (tertiary/aromatic N) is 4. The van der Waals surface area contributed by atoms with Crippen LogP contribution < -0.4 is 5.32 Å². The average Bonchev–Trinajstić information content (AvgIpc) is 2.99. The van der Waals surface area contributed by atoms with Crippen molar-refractivity contribution in [1.29, 1.82) is 0 Å². The highest BCUT2D eigenvalue weighted by atomic mass is 19.4. The largest absolute Gasteiger partial charge is 0.416 e. The van der Waals surface area contributed by atoms with Gasteiger partial charge in [0.05, 0.1) is 17.4 Å². The van der Waals surface area contributed by atoms with Gasteiger partial charge in [0.2, 0.25) is 5.91 Å². The standard InChI is InChI=1S/C20H22F3N5O/c1-11-6-14(20(21,22)23)7-12(2)17(11)26-19-18-15(8-13(3)25-19)28(10-24-18)9-16(29)27(4)5/h6-8,10H,9H2,1-5H3,(H,25,26). The van der Waals surface area contributed by atoms with Crippen LogP contribution in [-0.4, -0.2) is 39.4 Å². The lowest BCUT2D eigenvalue weighted by Gasteiger charge is -2.16. The normalized spacial score (nSPS) is 11.7. The lowest BCUT2D eigenvalue weighted by molar-refractivity contribution is -0.137. The van der Waals surface area contributed by atoms with Crippen LogP contribution in [0.1, 0.15) is 22.4 Å². The minimum absolute atomic E-state index is 0.0808. The summed E-state index contributed by atoms with van der Waals surface area (Å²) in [5.74, 6) is 0.352. The van der Waals surface area contributed by atoms with Gasteiger partial charge >= 0.3 is 6.18 Å². The number of anilines is 2. The van der Waals surface area contributed by atoms with E-state index in [1.54, 1.807) is 38.8 Å². The van der Waals surface area contributed by atoms with Crippen LogP contribution in [0.4, 0.5) is 24.7 Å². The van der Waals surface area contributed by atoms with Crippen molar-refractivity contribution in [2.75, 3.05) is 19.4 Å². The minimum Gasteiger partial charge on any atom is -0.347 e. The van der Waals surface area contributed by atoms with E-state index in [4.69, 9.17) is 0 Å². The molecule has 0 aliphatic heterocycles. The van der Waals surface area contributed by atoms with Crippen LogP contribution in [0, 0.1) is 20.8 Å². The van der Waals surface area contributed by atoms with E-state index in [1.807, 2.05) is 13.0 Å². The monoisotopic (exact) mass is 405 g/mol. The third kappa shape index (κ3) is 4.18. The summed E-state index contributed by atoms with van der Waals surface area (Å²) < 4.78 is 40.9. The molecule has 0 aliphatic carbocycles. The van der Waals surface area contributed by atoms with Crippen molar-refractivity contribution in [3.05, 3.63) is 46.9 Å². The highest BCUT2D eigenvalue weighted by molar-refractivity contribution is 5.90. The number of aryl methyl sites for hydroxylation is 3. The Morgan fingerprint density at radius 1 is 1.14 bits per heavy atom. The van der Waals surface area contributed by atoms with Crippen LogP contribution in [0.3, 0.4) is 0 Å². The zero-order chi connectivity index (χ0) is 21.5. The number of likely N-dealkylation sites (N-methyl/N-ethyl adjacent to an activating group) is 1. The van der Waals surface area contributed by atoms with Crippen LogP contribution in [-0.2, 0) is 17.5 Å². The third-order valence-corrected chi connectivity index (χ3v) is 4.64. The molecular formula is C20H22F3N5O. The zero-order valence-corrected chi connectivity index (χ0v) is 16.8. The maximum Gasteiger partial charge on any atom is 0.416 e. The van der Waals surface area contributed by atoms with Crippen LogP contribution in [0.5, 0.6) is 0 Å². The molecule has 154 valence electrons. The van der Waals surface area contributed by atoms with Gasteiger partial charge < -0.3 is 14.8 Å². The van der Waals surface area contributed by atoms with Gasteiger partial charge in [-0.25, -0.2) is 9.97 Å². The second-order valence-electron chi connectivity index (χ2n) is 7.25. The Morgan fingerprint density at radius 2 is 1.76 bits per heavy atom. The summed E-state index contributed by atoms with van der Waals surface area (Å²) in [7, 11) is 3.36. The summed E-state index contributed by atoms with van der Waals surface area (Å²) in [6.45, 7) is 5.17. The molecule has 0 saturated carbocycles. The molecule has 0 aliphatic rings. The molecule has 9 heteroatoms. The fraction of sp³-hybridized carbons (Fsp3) is 0.350. The van der Waals surface area contributed by atoms with Crippen LogP contribution in [0.15, 0.2) is 24.5 Å². The quantitative estimate of drug-likeness (QED) is 0.706. The molecule has 3 rings (SSSR count). The average molecular weight is 405 g/mol. The summed E-state index contributed by atoms with van der Waals surface area (Å²) >= 11 is 0. The van der Waals surface area contributed by atoms with Crippen LogP contribution in [0.25, 0.3) is 11.0 Å². The number of rotatable bonds is 4. The first-order valence-electron chi connectivity index (χ1n) is 8.95. The van der Waals surface area contributed by atoms with Gasteiger partial charge in [-0.3, -0.25) is 4.79 Å². The number of benzene rings is 1. The fourth-order valence-corrected chi connectivity index (χ4v) is 3.13. The lowest BCUT2D eigenvalue weighted by atomic mass is 10.0. The predicted molar refractivity (Wildman–Crippen MR) is 105 cm³/mol. The molecule has 29 heavy (non-hydrogen) atoms. The molecule has 0 fully saturated rings. The molecule has 0 atom stereocenters. The number of nitrogens with one attached hydrogen (secondary N) is 1. The zero-order valence-electron chi connectivity index (χ0n) is 16.8. The van der Waals surface area contributed by atoms with E-state index >= 15 is 0 Å². The molecule has 3 aromatic rings. The number of fused-ring (bicyclic) bond motifs is 1. The number of carbonyl (C=O) groups excluding carboxylic acids is 1. The third-order valence-electron chi connectivity index (χ3n) is 4.64. The number of alkyl halides is 3. The van der Waals surface area contributed by atoms with E-state index in [0.717, 1.165) is 17.6 Å². The Morgan fingerprint density at radius 3 is 2.31 bits per heavy atom. The maximum absolute atomic E-state index is 13.1. The van der Waals surface area contributed by atoms with E-state index in [1.165, 1.54) is 4.90 Å². The van der Waals surface area contributed by atoms with E-state index < -0.39 is 11.7 Å². The first-order valence-corrected chi connectivity index (χ1v) is 8.95. The van der Waals surface area contributed by atoms with E-state index in [2.05, 4.69) is 15.3 Å². The Bertz CT molecular complexity index is 1060. The van der Waals surface area contributed by atoms with E-state index in [9.17, 15) is 18.0 Å². The molecule has 0 saturated heterocycles. The van der Waals surface area contributed by atoms with Crippen molar-refractivity contribution < 1.29 is 18.0 Å². The molecular weight excluding hydrogens is 383 g/mol. The first-order chi connectivity index (χ1) is 13.5. The van der Waals surface area contributed by atoms with Gasteiger partial charge in [0.1, 0.15) is 12.1 Å². The van der Waals surface area contributed by atoms with Crippen molar-refractivity contribution in [2.24, 2.45) is 0 Å². The number of hydrogen-bond donors (Lipinski definition) is 1. The summed E-state index contributed by atoms with van der Waals surface area (Å²) in [5.41, 5.74) is 2.73. The molecule has 6 nitrogen and oxygen atoms in total. The molecule has 1 N–H and O–H groups in total. The molecule has 1 amide bonds. The second-order valence-corrected chi connectivity index (χ2v) is 7.25. The predicted octanol–water partition coefficient (Wildman–Crippen LogP) is 4.21. The smallest absolute Gasteiger partial charge is 0.347 e. The van der Waals surface area contributed by atoms with E-state index in [0.29, 0.717) is 33.8 Å². The molecule has 0 spiro atoms. The summed E-state index contributed by atoms with van der Waals surface area (Å²) in [4.78, 5) is 22.4. The number of imidazole rings is 1. The number of halogens is 3. The first kappa shape index (κ1) is 20.6. The number of pyridine rings is 1. The van der Waals surface area contributed by atoms with Crippen molar-refractivity contribution in [3.63, 3.8) is 0 Å². The molecule has 0 radical (unpaired) electrons. The summed E-state index contributed by atoms with van der Waals surface area (Å²) in [6.07, 6.45) is -2.84. The van der Waals surface area contributed by atoms with Gasteiger partial charge in [-0.15, -0.1) is 0 Å². The van der Waals surface area contributed by atoms with Gasteiger partial charge in [-0.2, -0.15) is 13.2 Å². The van der Waals surface area contributed by atoms with Crippen molar-refractivity contribution >= 4 is 28.4 Å². The van der Waals surface area contributed by atoms with Gasteiger partial charge in [-0.1, -0.05) is 0 Å². The number of carbonyl (C=O) groups is 1. The van der Waals surface area contributed by atoms with Gasteiger partial charge in [0.15, 0.2) is 5.82 Å². The molecule has 2 aromatic heterocycles. The molecule has 2 heterocycles. The van der Waals surface area contributed by atoms with Gasteiger partial charge in [0, 0.05) is 25.5 Å². The fourth-order valence-electron chi connectivity index (χ4n) is 3.13. The minimum atomic E-state index is -4.40.